The summed E-state index contributed by atoms with van der Waals surface area (Å²) < 4.78 is 10.2. The molecule has 0 N–H and O–H groups in total. The quantitative estimate of drug-likeness (QED) is 0.505. The fourth-order valence-electron chi connectivity index (χ4n) is 5.47. The summed E-state index contributed by atoms with van der Waals surface area (Å²) in [4.78, 5) is 30.6. The number of carbonyl (C=O) groups is 2. The van der Waals surface area contributed by atoms with Gasteiger partial charge in [0.25, 0.3) is 5.91 Å². The summed E-state index contributed by atoms with van der Waals surface area (Å²) in [5.74, 6) is 0.340. The number of anilines is 1. The van der Waals surface area contributed by atoms with E-state index in [1.165, 1.54) is 12.7 Å². The molecule has 3 aromatic carbocycles. The van der Waals surface area contributed by atoms with Crippen LogP contribution in [-0.2, 0) is 17.7 Å². The molecule has 1 amide bonds. The van der Waals surface area contributed by atoms with Crippen LogP contribution in [0.5, 0.6) is 5.75 Å². The van der Waals surface area contributed by atoms with Gasteiger partial charge < -0.3 is 9.47 Å². The van der Waals surface area contributed by atoms with E-state index in [-0.39, 0.29) is 17.4 Å². The predicted octanol–water partition coefficient (Wildman–Crippen LogP) is 4.72. The Morgan fingerprint density at radius 1 is 0.971 bits per heavy atom. The number of rotatable bonds is 5. The molecule has 2 aliphatic heterocycles. The Labute approximate surface area is 206 Å². The van der Waals surface area contributed by atoms with E-state index >= 15 is 0 Å². The smallest absolute Gasteiger partial charge is 0.337 e. The average molecular weight is 471 g/mol. The van der Waals surface area contributed by atoms with Gasteiger partial charge in [0.15, 0.2) is 0 Å². The lowest BCUT2D eigenvalue weighted by atomic mass is 9.78. The highest BCUT2D eigenvalue weighted by Gasteiger charge is 2.50. The second-order valence-electron chi connectivity index (χ2n) is 9.41. The van der Waals surface area contributed by atoms with E-state index in [1.807, 2.05) is 41.3 Å². The first-order valence-corrected chi connectivity index (χ1v) is 12.0. The first-order valence-electron chi connectivity index (χ1n) is 12.0. The second kappa shape index (κ2) is 9.55. The van der Waals surface area contributed by atoms with Crippen molar-refractivity contribution in [2.45, 2.75) is 31.3 Å². The molecule has 5 rings (SSSR count). The van der Waals surface area contributed by atoms with E-state index in [4.69, 9.17) is 9.47 Å². The molecule has 0 radical (unpaired) electrons. The Hall–Kier alpha value is -3.64. The Morgan fingerprint density at radius 2 is 1.71 bits per heavy atom. The van der Waals surface area contributed by atoms with Crippen LogP contribution < -0.4 is 9.64 Å². The van der Waals surface area contributed by atoms with E-state index < -0.39 is 0 Å². The predicted molar refractivity (Wildman–Crippen MR) is 135 cm³/mol. The SMILES string of the molecule is COC(=O)c1ccc2c(c1)CCCC1(CN(Cc3ccccc3)C1)N(c1ccc(OC)cc1)C2=O. The van der Waals surface area contributed by atoms with Gasteiger partial charge in [-0.05, 0) is 72.9 Å². The number of benzene rings is 3. The van der Waals surface area contributed by atoms with Gasteiger partial charge in [-0.25, -0.2) is 4.79 Å². The molecule has 2 aliphatic rings. The van der Waals surface area contributed by atoms with Crippen LogP contribution >= 0.6 is 0 Å². The number of nitrogens with zero attached hydrogens (tertiary/aromatic N) is 2. The van der Waals surface area contributed by atoms with Gasteiger partial charge in [-0.2, -0.15) is 0 Å². The van der Waals surface area contributed by atoms with E-state index in [2.05, 4.69) is 29.2 Å². The third-order valence-corrected chi connectivity index (χ3v) is 7.14. The molecule has 1 spiro atoms. The maximum absolute atomic E-state index is 14.1. The topological polar surface area (TPSA) is 59.1 Å². The molecule has 2 heterocycles. The van der Waals surface area contributed by atoms with Crippen LogP contribution in [0.1, 0.15) is 44.7 Å². The van der Waals surface area contributed by atoms with Crippen molar-refractivity contribution in [3.05, 3.63) is 95.1 Å². The summed E-state index contributed by atoms with van der Waals surface area (Å²) in [5, 5.41) is 0. The van der Waals surface area contributed by atoms with Crippen molar-refractivity contribution >= 4 is 17.6 Å². The van der Waals surface area contributed by atoms with Crippen molar-refractivity contribution in [2.24, 2.45) is 0 Å². The molecule has 1 fully saturated rings. The van der Waals surface area contributed by atoms with Crippen molar-refractivity contribution in [2.75, 3.05) is 32.2 Å². The standard InChI is InChI=1S/C29H30N2O4/c1-34-25-13-11-24(12-14-25)31-27(32)26-15-10-23(28(33)35-2)17-22(26)9-6-16-29(31)19-30(20-29)18-21-7-4-3-5-8-21/h3-5,7-8,10-15,17H,6,9,16,18-20H2,1-2H3. The minimum Gasteiger partial charge on any atom is -0.497 e. The van der Waals surface area contributed by atoms with Crippen molar-refractivity contribution in [1.29, 1.82) is 0 Å². The number of hydrogen-bond donors (Lipinski definition) is 0. The Morgan fingerprint density at radius 3 is 2.40 bits per heavy atom. The molecular weight excluding hydrogens is 440 g/mol. The molecule has 6 heteroatoms. The maximum Gasteiger partial charge on any atom is 0.337 e. The lowest BCUT2D eigenvalue weighted by Crippen LogP contribution is -2.71. The van der Waals surface area contributed by atoms with Gasteiger partial charge in [0.05, 0.1) is 25.3 Å². The first kappa shape index (κ1) is 23.1. The third kappa shape index (κ3) is 4.42. The molecule has 0 unspecified atom stereocenters. The van der Waals surface area contributed by atoms with E-state index in [9.17, 15) is 9.59 Å². The largest absolute Gasteiger partial charge is 0.497 e. The monoisotopic (exact) mass is 470 g/mol. The molecule has 180 valence electrons. The number of carbonyl (C=O) groups excluding carboxylic acids is 2. The molecule has 0 atom stereocenters. The van der Waals surface area contributed by atoms with E-state index in [0.717, 1.165) is 55.9 Å². The van der Waals surface area contributed by atoms with Crippen LogP contribution in [0, 0.1) is 0 Å². The molecule has 6 nitrogen and oxygen atoms in total. The molecule has 1 saturated heterocycles. The van der Waals surface area contributed by atoms with Crippen molar-refractivity contribution in [3.8, 4) is 5.75 Å². The third-order valence-electron chi connectivity index (χ3n) is 7.14. The first-order chi connectivity index (χ1) is 17.0. The van der Waals surface area contributed by atoms with Gasteiger partial charge in [0.1, 0.15) is 5.75 Å². The lowest BCUT2D eigenvalue weighted by molar-refractivity contribution is 0.0428. The fraction of sp³-hybridized carbons (Fsp3) is 0.310. The summed E-state index contributed by atoms with van der Waals surface area (Å²) in [6, 6.07) is 23.4. The van der Waals surface area contributed by atoms with Crippen LogP contribution in [0.25, 0.3) is 0 Å². The lowest BCUT2D eigenvalue weighted by Gasteiger charge is -2.57. The summed E-state index contributed by atoms with van der Waals surface area (Å²) in [7, 11) is 3.01. The van der Waals surface area contributed by atoms with Gasteiger partial charge in [-0.3, -0.25) is 14.6 Å². The number of fused-ring (bicyclic) bond motifs is 1. The number of hydrogen-bond acceptors (Lipinski definition) is 5. The molecule has 0 aromatic heterocycles. The summed E-state index contributed by atoms with van der Waals surface area (Å²) >= 11 is 0. The highest BCUT2D eigenvalue weighted by atomic mass is 16.5. The molecule has 3 aromatic rings. The Bertz CT molecular complexity index is 1220. The normalized spacial score (nSPS) is 17.2. The minimum absolute atomic E-state index is 0.0272. The summed E-state index contributed by atoms with van der Waals surface area (Å²) in [6.07, 6.45) is 2.57. The van der Waals surface area contributed by atoms with Gasteiger partial charge >= 0.3 is 5.97 Å². The number of ether oxygens (including phenoxy) is 2. The highest BCUT2D eigenvalue weighted by Crippen LogP contribution is 2.41. The number of aryl methyl sites for hydroxylation is 1. The van der Waals surface area contributed by atoms with E-state index in [0.29, 0.717) is 11.1 Å². The molecule has 0 bridgehead atoms. The van der Waals surface area contributed by atoms with Crippen LogP contribution in [0.15, 0.2) is 72.8 Å². The number of esters is 1. The van der Waals surface area contributed by atoms with Crippen LogP contribution in [0.3, 0.4) is 0 Å². The number of amides is 1. The van der Waals surface area contributed by atoms with Crippen molar-refractivity contribution in [3.63, 3.8) is 0 Å². The van der Waals surface area contributed by atoms with Gasteiger partial charge in [0, 0.05) is 30.9 Å². The summed E-state index contributed by atoms with van der Waals surface area (Å²) in [6.45, 7) is 2.50. The Balaban J connectivity index is 1.50. The second-order valence-corrected chi connectivity index (χ2v) is 9.41. The van der Waals surface area contributed by atoms with Gasteiger partial charge in [-0.15, -0.1) is 0 Å². The fourth-order valence-corrected chi connectivity index (χ4v) is 5.47. The van der Waals surface area contributed by atoms with Gasteiger partial charge in [0.2, 0.25) is 0 Å². The molecule has 35 heavy (non-hydrogen) atoms. The molecule has 0 saturated carbocycles. The van der Waals surface area contributed by atoms with Crippen molar-refractivity contribution in [1.82, 2.24) is 4.90 Å². The highest BCUT2D eigenvalue weighted by molar-refractivity contribution is 6.09. The summed E-state index contributed by atoms with van der Waals surface area (Å²) in [5.41, 5.74) is 3.87. The Kier molecular flexibility index (Phi) is 6.31. The van der Waals surface area contributed by atoms with Crippen LogP contribution in [0.4, 0.5) is 5.69 Å². The maximum atomic E-state index is 14.1. The number of methoxy groups -OCH3 is 2. The van der Waals surface area contributed by atoms with Crippen molar-refractivity contribution < 1.29 is 19.1 Å². The van der Waals surface area contributed by atoms with E-state index in [1.54, 1.807) is 19.2 Å². The molecular formula is C29H30N2O4. The van der Waals surface area contributed by atoms with Crippen LogP contribution in [-0.4, -0.2) is 49.6 Å². The molecule has 0 aliphatic carbocycles. The zero-order chi connectivity index (χ0) is 24.4. The zero-order valence-electron chi connectivity index (χ0n) is 20.2. The minimum atomic E-state index is -0.388. The average Bonchev–Trinajstić information content (AvgIpc) is 2.87. The zero-order valence-corrected chi connectivity index (χ0v) is 20.2. The van der Waals surface area contributed by atoms with Gasteiger partial charge in [-0.1, -0.05) is 30.3 Å². The van der Waals surface area contributed by atoms with Crippen LogP contribution in [0.2, 0.25) is 0 Å². The number of likely N-dealkylation sites (tertiary alicyclic amines) is 1.